The molecule has 0 aliphatic heterocycles. The number of aromatic amines is 1. The van der Waals surface area contributed by atoms with Crippen LogP contribution in [0.25, 0.3) is 0 Å². The predicted octanol–water partition coefficient (Wildman–Crippen LogP) is 2.70. The first-order chi connectivity index (χ1) is 12.5. The number of nitrogens with one attached hydrogen (secondary N) is 2. The lowest BCUT2D eigenvalue weighted by molar-refractivity contribution is 0.0950. The van der Waals surface area contributed by atoms with E-state index in [2.05, 4.69) is 32.2 Å². The van der Waals surface area contributed by atoms with Gasteiger partial charge in [0.25, 0.3) is 5.91 Å². The second-order valence-corrected chi connectivity index (χ2v) is 6.99. The molecule has 0 atom stereocenters. The van der Waals surface area contributed by atoms with Crippen molar-refractivity contribution in [2.45, 2.75) is 33.4 Å². The fourth-order valence-electron chi connectivity index (χ4n) is 2.45. The summed E-state index contributed by atoms with van der Waals surface area (Å²) in [6.07, 6.45) is 4.30. The maximum Gasteiger partial charge on any atom is 0.253 e. The van der Waals surface area contributed by atoms with Gasteiger partial charge in [-0.1, -0.05) is 6.92 Å². The Balaban J connectivity index is 1.56. The van der Waals surface area contributed by atoms with E-state index in [1.165, 1.54) is 0 Å². The number of nitrogens with zero attached hydrogens (tertiary/aromatic N) is 4. The van der Waals surface area contributed by atoms with Gasteiger partial charge in [-0.2, -0.15) is 0 Å². The molecule has 3 aromatic heterocycles. The largest absolute Gasteiger partial charge is 0.352 e. The second kappa shape index (κ2) is 8.09. The standard InChI is InChI=1S/C18H22N6OS/c1-4-14-11-26-17(23-14)9-21-18(25)13-5-6-16(20-8-13)24(3)10-15-19-7-12(2)22-15/h5-8,11H,4,9-10H2,1-3H3,(H,19,22)(H,21,25). The van der Waals surface area contributed by atoms with Crippen LogP contribution >= 0.6 is 11.3 Å². The highest BCUT2D eigenvalue weighted by Gasteiger charge is 2.10. The Morgan fingerprint density at radius 3 is 2.77 bits per heavy atom. The number of anilines is 1. The molecule has 0 aromatic carbocycles. The molecule has 0 spiro atoms. The molecule has 3 rings (SSSR count). The number of aryl methyl sites for hydroxylation is 2. The van der Waals surface area contributed by atoms with Gasteiger partial charge in [-0.3, -0.25) is 4.79 Å². The first kappa shape index (κ1) is 18.1. The Hall–Kier alpha value is -2.74. The van der Waals surface area contributed by atoms with Crippen LogP contribution in [0.5, 0.6) is 0 Å². The molecular formula is C18H22N6OS. The Kier molecular flexibility index (Phi) is 5.62. The van der Waals surface area contributed by atoms with Crippen molar-refractivity contribution >= 4 is 23.1 Å². The van der Waals surface area contributed by atoms with Gasteiger partial charge < -0.3 is 15.2 Å². The lowest BCUT2D eigenvalue weighted by Gasteiger charge is -2.16. The quantitative estimate of drug-likeness (QED) is 0.668. The molecule has 1 amide bonds. The monoisotopic (exact) mass is 370 g/mol. The number of rotatable bonds is 7. The summed E-state index contributed by atoms with van der Waals surface area (Å²) >= 11 is 1.56. The Morgan fingerprint density at radius 1 is 1.31 bits per heavy atom. The van der Waals surface area contributed by atoms with E-state index in [1.54, 1.807) is 29.8 Å². The van der Waals surface area contributed by atoms with Crippen LogP contribution in [0.4, 0.5) is 5.82 Å². The van der Waals surface area contributed by atoms with Gasteiger partial charge in [0.2, 0.25) is 0 Å². The number of hydrogen-bond acceptors (Lipinski definition) is 6. The van der Waals surface area contributed by atoms with Gasteiger partial charge in [-0.05, 0) is 25.5 Å². The van der Waals surface area contributed by atoms with Crippen molar-refractivity contribution in [2.24, 2.45) is 0 Å². The highest BCUT2D eigenvalue weighted by atomic mass is 32.1. The molecule has 0 radical (unpaired) electrons. The highest BCUT2D eigenvalue weighted by molar-refractivity contribution is 7.09. The third-order valence-electron chi connectivity index (χ3n) is 3.91. The molecule has 0 fully saturated rings. The Bertz CT molecular complexity index is 870. The van der Waals surface area contributed by atoms with Gasteiger partial charge in [0.05, 0.1) is 24.3 Å². The Labute approximate surface area is 156 Å². The van der Waals surface area contributed by atoms with E-state index in [4.69, 9.17) is 0 Å². The van der Waals surface area contributed by atoms with Gasteiger partial charge in [0.1, 0.15) is 16.6 Å². The summed E-state index contributed by atoms with van der Waals surface area (Å²) in [4.78, 5) is 30.6. The van der Waals surface area contributed by atoms with Crippen LogP contribution in [0.15, 0.2) is 29.9 Å². The van der Waals surface area contributed by atoms with Crippen LogP contribution in [0.2, 0.25) is 0 Å². The van der Waals surface area contributed by atoms with Crippen molar-refractivity contribution in [3.63, 3.8) is 0 Å². The zero-order valence-corrected chi connectivity index (χ0v) is 15.9. The maximum absolute atomic E-state index is 12.3. The van der Waals surface area contributed by atoms with Crippen LogP contribution in [-0.2, 0) is 19.5 Å². The molecular weight excluding hydrogens is 348 g/mol. The van der Waals surface area contributed by atoms with Crippen molar-refractivity contribution in [1.82, 2.24) is 25.3 Å². The third-order valence-corrected chi connectivity index (χ3v) is 4.80. The number of H-pyrrole nitrogens is 1. The van der Waals surface area contributed by atoms with E-state index in [0.717, 1.165) is 34.5 Å². The fourth-order valence-corrected chi connectivity index (χ4v) is 3.27. The molecule has 3 aromatic rings. The van der Waals surface area contributed by atoms with E-state index in [0.29, 0.717) is 18.7 Å². The van der Waals surface area contributed by atoms with Gasteiger partial charge in [-0.15, -0.1) is 11.3 Å². The minimum absolute atomic E-state index is 0.151. The summed E-state index contributed by atoms with van der Waals surface area (Å²) in [7, 11) is 1.94. The van der Waals surface area contributed by atoms with Crippen LogP contribution in [0.3, 0.4) is 0 Å². The van der Waals surface area contributed by atoms with Crippen molar-refractivity contribution < 1.29 is 4.79 Å². The summed E-state index contributed by atoms with van der Waals surface area (Å²) < 4.78 is 0. The zero-order chi connectivity index (χ0) is 18.5. The smallest absolute Gasteiger partial charge is 0.253 e. The Morgan fingerprint density at radius 2 is 2.15 bits per heavy atom. The van der Waals surface area contributed by atoms with Crippen LogP contribution < -0.4 is 10.2 Å². The number of carbonyl (C=O) groups is 1. The van der Waals surface area contributed by atoms with E-state index < -0.39 is 0 Å². The average Bonchev–Trinajstić information content (AvgIpc) is 3.28. The van der Waals surface area contributed by atoms with E-state index in [9.17, 15) is 4.79 Å². The normalized spacial score (nSPS) is 10.7. The van der Waals surface area contributed by atoms with Gasteiger partial charge in [0.15, 0.2) is 0 Å². The molecule has 0 bridgehead atoms. The molecule has 0 saturated heterocycles. The molecule has 0 saturated carbocycles. The van der Waals surface area contributed by atoms with Gasteiger partial charge >= 0.3 is 0 Å². The minimum atomic E-state index is -0.151. The number of carbonyl (C=O) groups excluding carboxylic acids is 1. The minimum Gasteiger partial charge on any atom is -0.352 e. The van der Waals surface area contributed by atoms with Gasteiger partial charge in [0, 0.05) is 30.5 Å². The van der Waals surface area contributed by atoms with Crippen molar-refractivity contribution in [3.8, 4) is 0 Å². The molecule has 26 heavy (non-hydrogen) atoms. The summed E-state index contributed by atoms with van der Waals surface area (Å²) in [6, 6.07) is 3.62. The van der Waals surface area contributed by atoms with Crippen LogP contribution in [0.1, 0.15) is 39.5 Å². The summed E-state index contributed by atoms with van der Waals surface area (Å²) in [5.41, 5.74) is 2.61. The van der Waals surface area contributed by atoms with E-state index >= 15 is 0 Å². The lowest BCUT2D eigenvalue weighted by atomic mass is 10.2. The second-order valence-electron chi connectivity index (χ2n) is 6.04. The SMILES string of the molecule is CCc1csc(CNC(=O)c2ccc(N(C)Cc3ncc(C)[nH]3)nc2)n1. The van der Waals surface area contributed by atoms with Crippen molar-refractivity contribution in [2.75, 3.05) is 11.9 Å². The van der Waals surface area contributed by atoms with Crippen molar-refractivity contribution in [1.29, 1.82) is 0 Å². The molecule has 0 unspecified atom stereocenters. The molecule has 0 aliphatic carbocycles. The van der Waals surface area contributed by atoms with Crippen LogP contribution in [-0.4, -0.2) is 32.9 Å². The van der Waals surface area contributed by atoms with E-state index in [1.807, 2.05) is 30.3 Å². The topological polar surface area (TPSA) is 86.8 Å². The number of thiazole rings is 1. The highest BCUT2D eigenvalue weighted by Crippen LogP contribution is 2.13. The van der Waals surface area contributed by atoms with E-state index in [-0.39, 0.29) is 5.91 Å². The molecule has 0 aliphatic rings. The molecule has 136 valence electrons. The fraction of sp³-hybridized carbons (Fsp3) is 0.333. The first-order valence-corrected chi connectivity index (χ1v) is 9.32. The van der Waals surface area contributed by atoms with Gasteiger partial charge in [-0.25, -0.2) is 15.0 Å². The number of imidazole rings is 1. The van der Waals surface area contributed by atoms with Crippen molar-refractivity contribution in [3.05, 3.63) is 57.7 Å². The first-order valence-electron chi connectivity index (χ1n) is 8.44. The average molecular weight is 370 g/mol. The number of aromatic nitrogens is 4. The zero-order valence-electron chi connectivity index (χ0n) is 15.1. The molecule has 3 heterocycles. The number of amides is 1. The molecule has 7 nitrogen and oxygen atoms in total. The summed E-state index contributed by atoms with van der Waals surface area (Å²) in [5.74, 6) is 1.51. The number of pyridine rings is 1. The van der Waals surface area contributed by atoms with Crippen LogP contribution in [0, 0.1) is 6.92 Å². The third kappa shape index (κ3) is 4.45. The number of hydrogen-bond donors (Lipinski definition) is 2. The lowest BCUT2D eigenvalue weighted by Crippen LogP contribution is -2.23. The summed E-state index contributed by atoms with van der Waals surface area (Å²) in [6.45, 7) is 5.09. The molecule has 2 N–H and O–H groups in total. The maximum atomic E-state index is 12.3. The summed E-state index contributed by atoms with van der Waals surface area (Å²) in [5, 5.41) is 5.82. The molecule has 8 heteroatoms. The predicted molar refractivity (Wildman–Crippen MR) is 102 cm³/mol.